The van der Waals surface area contributed by atoms with Gasteiger partial charge < -0.3 is 10.1 Å². The average molecular weight is 335 g/mol. The lowest BCUT2D eigenvalue weighted by Crippen LogP contribution is -2.11. The van der Waals surface area contributed by atoms with Crippen LogP contribution in [-0.4, -0.2) is 23.3 Å². The van der Waals surface area contributed by atoms with E-state index in [9.17, 15) is 0 Å². The Labute approximate surface area is 149 Å². The Morgan fingerprint density at radius 2 is 1.84 bits per heavy atom. The van der Waals surface area contributed by atoms with E-state index in [-0.39, 0.29) is 0 Å². The van der Waals surface area contributed by atoms with Gasteiger partial charge in [-0.3, -0.25) is 5.10 Å². The van der Waals surface area contributed by atoms with Gasteiger partial charge in [-0.25, -0.2) is 0 Å². The summed E-state index contributed by atoms with van der Waals surface area (Å²) in [7, 11) is 0. The molecule has 3 rings (SSSR count). The number of hydrogen-bond acceptors (Lipinski definition) is 3. The van der Waals surface area contributed by atoms with Crippen LogP contribution in [0.3, 0.4) is 0 Å². The van der Waals surface area contributed by atoms with E-state index in [0.29, 0.717) is 6.61 Å². The number of hydrogen-bond donors (Lipinski definition) is 2. The summed E-state index contributed by atoms with van der Waals surface area (Å²) in [4.78, 5) is 0. The van der Waals surface area contributed by atoms with E-state index in [1.807, 2.05) is 24.3 Å². The topological polar surface area (TPSA) is 49.9 Å². The van der Waals surface area contributed by atoms with Crippen molar-refractivity contribution >= 4 is 0 Å². The lowest BCUT2D eigenvalue weighted by Gasteiger charge is -2.10. The Balaban J connectivity index is 1.60. The van der Waals surface area contributed by atoms with Gasteiger partial charge in [0.1, 0.15) is 5.75 Å². The number of nitrogens with one attached hydrogen (secondary N) is 2. The maximum Gasteiger partial charge on any atom is 0.128 e. The Morgan fingerprint density at radius 1 is 1.04 bits per heavy atom. The van der Waals surface area contributed by atoms with Crippen molar-refractivity contribution in [3.63, 3.8) is 0 Å². The molecule has 0 radical (unpaired) electrons. The van der Waals surface area contributed by atoms with Crippen molar-refractivity contribution in [3.8, 4) is 17.0 Å². The molecule has 2 aromatic carbocycles. The fraction of sp³-hybridized carbons (Fsp3) is 0.286. The van der Waals surface area contributed by atoms with E-state index in [1.54, 1.807) is 0 Å². The second-order valence-electron chi connectivity index (χ2n) is 5.99. The number of H-pyrrole nitrogens is 1. The molecule has 4 heteroatoms. The van der Waals surface area contributed by atoms with Crippen molar-refractivity contribution < 1.29 is 4.74 Å². The van der Waals surface area contributed by atoms with Crippen molar-refractivity contribution in [2.45, 2.75) is 26.3 Å². The van der Waals surface area contributed by atoms with E-state index in [2.05, 4.69) is 58.8 Å². The van der Waals surface area contributed by atoms with Crippen LogP contribution in [0.1, 0.15) is 24.6 Å². The zero-order chi connectivity index (χ0) is 17.3. The highest BCUT2D eigenvalue weighted by atomic mass is 16.5. The molecule has 0 bridgehead atoms. The molecule has 0 unspecified atom stereocenters. The molecule has 0 fully saturated rings. The largest absolute Gasteiger partial charge is 0.493 e. The van der Waals surface area contributed by atoms with Gasteiger partial charge in [-0.1, -0.05) is 49.4 Å². The maximum absolute atomic E-state index is 6.03. The lowest BCUT2D eigenvalue weighted by atomic mass is 10.1. The molecule has 0 aliphatic heterocycles. The number of para-hydroxylation sites is 1. The van der Waals surface area contributed by atoms with Crippen molar-refractivity contribution in [1.82, 2.24) is 15.5 Å². The van der Waals surface area contributed by atoms with E-state index in [1.165, 1.54) is 5.56 Å². The van der Waals surface area contributed by atoms with E-state index in [0.717, 1.165) is 48.6 Å². The summed E-state index contributed by atoms with van der Waals surface area (Å²) in [5.74, 6) is 0.886. The number of benzene rings is 2. The molecule has 0 saturated heterocycles. The molecule has 0 atom stereocenters. The van der Waals surface area contributed by atoms with Gasteiger partial charge in [0.2, 0.25) is 0 Å². The third-order valence-corrected chi connectivity index (χ3v) is 4.07. The number of aromatic amines is 1. The quantitative estimate of drug-likeness (QED) is 0.576. The van der Waals surface area contributed by atoms with Gasteiger partial charge in [0.25, 0.3) is 0 Å². The number of nitrogens with zero attached hydrogens (tertiary/aromatic N) is 1. The van der Waals surface area contributed by atoms with Gasteiger partial charge in [0, 0.05) is 17.8 Å². The first kappa shape index (κ1) is 17.2. The number of aromatic nitrogens is 2. The highest BCUT2D eigenvalue weighted by Crippen LogP contribution is 2.28. The number of aryl methyl sites for hydroxylation is 1. The zero-order valence-electron chi connectivity index (χ0n) is 14.7. The minimum absolute atomic E-state index is 0.695. The molecule has 2 N–H and O–H groups in total. The number of rotatable bonds is 9. The highest BCUT2D eigenvalue weighted by Gasteiger charge is 2.09. The normalized spacial score (nSPS) is 10.8. The summed E-state index contributed by atoms with van der Waals surface area (Å²) >= 11 is 0. The summed E-state index contributed by atoms with van der Waals surface area (Å²) in [6.07, 6.45) is 2.02. The smallest absolute Gasteiger partial charge is 0.128 e. The molecule has 0 aliphatic carbocycles. The molecule has 1 aromatic heterocycles. The minimum atomic E-state index is 0.695. The van der Waals surface area contributed by atoms with Gasteiger partial charge in [-0.2, -0.15) is 5.10 Å². The molecule has 3 aromatic rings. The van der Waals surface area contributed by atoms with Gasteiger partial charge in [-0.05, 0) is 43.1 Å². The van der Waals surface area contributed by atoms with Crippen LogP contribution in [0.15, 0.2) is 60.7 Å². The zero-order valence-corrected chi connectivity index (χ0v) is 14.7. The van der Waals surface area contributed by atoms with Crippen molar-refractivity contribution in [2.75, 3.05) is 13.2 Å². The first-order valence-corrected chi connectivity index (χ1v) is 8.88. The van der Waals surface area contributed by atoms with Crippen LogP contribution in [0.25, 0.3) is 11.3 Å². The van der Waals surface area contributed by atoms with Gasteiger partial charge in [0.15, 0.2) is 0 Å². The molecule has 25 heavy (non-hydrogen) atoms. The van der Waals surface area contributed by atoms with Crippen LogP contribution < -0.4 is 10.1 Å². The Bertz CT molecular complexity index is 768. The van der Waals surface area contributed by atoms with Crippen LogP contribution in [0.5, 0.6) is 5.75 Å². The molecular weight excluding hydrogens is 310 g/mol. The van der Waals surface area contributed by atoms with Gasteiger partial charge in [-0.15, -0.1) is 0 Å². The van der Waals surface area contributed by atoms with E-state index in [4.69, 9.17) is 4.74 Å². The Kier molecular flexibility index (Phi) is 6.23. The summed E-state index contributed by atoms with van der Waals surface area (Å²) < 4.78 is 6.03. The molecule has 0 saturated carbocycles. The SMILES string of the molecule is CCNCc1cc(-c2ccccc2OCCCc2ccccc2)n[nH]1. The second-order valence-corrected chi connectivity index (χ2v) is 5.99. The second kappa shape index (κ2) is 9.04. The van der Waals surface area contributed by atoms with Crippen LogP contribution in [-0.2, 0) is 13.0 Å². The van der Waals surface area contributed by atoms with Crippen LogP contribution in [0, 0.1) is 0 Å². The van der Waals surface area contributed by atoms with Gasteiger partial charge >= 0.3 is 0 Å². The number of ether oxygens (including phenoxy) is 1. The third-order valence-electron chi connectivity index (χ3n) is 4.07. The molecule has 1 heterocycles. The summed E-state index contributed by atoms with van der Waals surface area (Å²) in [5, 5.41) is 10.8. The fourth-order valence-corrected chi connectivity index (χ4v) is 2.76. The summed E-state index contributed by atoms with van der Waals surface area (Å²) in [6, 6.07) is 20.7. The molecule has 0 amide bonds. The van der Waals surface area contributed by atoms with Crippen LogP contribution in [0.4, 0.5) is 0 Å². The lowest BCUT2D eigenvalue weighted by molar-refractivity contribution is 0.312. The fourth-order valence-electron chi connectivity index (χ4n) is 2.76. The third kappa shape index (κ3) is 4.94. The summed E-state index contributed by atoms with van der Waals surface area (Å²) in [6.45, 7) is 4.52. The molecule has 0 spiro atoms. The monoisotopic (exact) mass is 335 g/mol. The van der Waals surface area contributed by atoms with Crippen molar-refractivity contribution in [2.24, 2.45) is 0 Å². The Hall–Kier alpha value is -2.59. The first-order valence-electron chi connectivity index (χ1n) is 8.88. The molecule has 4 nitrogen and oxygen atoms in total. The van der Waals surface area contributed by atoms with Crippen molar-refractivity contribution in [1.29, 1.82) is 0 Å². The van der Waals surface area contributed by atoms with E-state index < -0.39 is 0 Å². The molecule has 0 aliphatic rings. The molecule has 130 valence electrons. The average Bonchev–Trinajstić information content (AvgIpc) is 3.13. The predicted octanol–water partition coefficient (Wildman–Crippen LogP) is 4.20. The predicted molar refractivity (Wildman–Crippen MR) is 102 cm³/mol. The van der Waals surface area contributed by atoms with Crippen LogP contribution in [0.2, 0.25) is 0 Å². The standard InChI is InChI=1S/C21H25N3O/c1-2-22-16-18-15-20(24-23-18)19-12-6-7-13-21(19)25-14-8-11-17-9-4-3-5-10-17/h3-7,9-10,12-13,15,22H,2,8,11,14,16H2,1H3,(H,23,24). The molecular formula is C21H25N3O. The highest BCUT2D eigenvalue weighted by molar-refractivity contribution is 5.67. The van der Waals surface area contributed by atoms with E-state index >= 15 is 0 Å². The summed E-state index contributed by atoms with van der Waals surface area (Å²) in [5.41, 5.74) is 4.38. The van der Waals surface area contributed by atoms with Crippen LogP contribution >= 0.6 is 0 Å². The minimum Gasteiger partial charge on any atom is -0.493 e. The first-order chi connectivity index (χ1) is 12.4. The maximum atomic E-state index is 6.03. The Morgan fingerprint density at radius 3 is 2.68 bits per heavy atom. The van der Waals surface area contributed by atoms with Gasteiger partial charge in [0.05, 0.1) is 12.3 Å². The van der Waals surface area contributed by atoms with Crippen molar-refractivity contribution in [3.05, 3.63) is 71.9 Å².